The molecule has 4 N–H and O–H groups in total. The molecule has 3 heterocycles. The molecule has 6 heteroatoms. The van der Waals surface area contributed by atoms with Crippen LogP contribution in [0.15, 0.2) is 54.7 Å². The number of aromatic nitrogens is 1. The average Bonchev–Trinajstić information content (AvgIpc) is 3.50. The van der Waals surface area contributed by atoms with Gasteiger partial charge in [0.2, 0.25) is 0 Å². The number of ether oxygens (including phenoxy) is 1. The van der Waals surface area contributed by atoms with Crippen molar-refractivity contribution in [2.45, 2.75) is 37.5 Å². The lowest BCUT2D eigenvalue weighted by molar-refractivity contribution is 0.0857. The highest BCUT2D eigenvalue weighted by Crippen LogP contribution is 2.55. The van der Waals surface area contributed by atoms with Crippen LogP contribution in [0.25, 0.3) is 0 Å². The van der Waals surface area contributed by atoms with Crippen LogP contribution in [0.1, 0.15) is 80.4 Å². The zero-order valence-electron chi connectivity index (χ0n) is 16.9. The number of carbonyl (C=O) groups is 1. The second kappa shape index (κ2) is 6.75. The maximum absolute atomic E-state index is 12.8. The molecule has 31 heavy (non-hydrogen) atoms. The molecule has 6 nitrogen and oxygen atoms in total. The van der Waals surface area contributed by atoms with Crippen LogP contribution in [0, 0.1) is 5.41 Å². The second-order valence-electron chi connectivity index (χ2n) is 8.54. The molecule has 1 amide bonds. The van der Waals surface area contributed by atoms with E-state index in [1.54, 1.807) is 18.3 Å². The number of fused-ring (bicyclic) bond motifs is 8. The summed E-state index contributed by atoms with van der Waals surface area (Å²) in [7, 11) is 0. The Labute approximate surface area is 180 Å². The first-order valence-corrected chi connectivity index (χ1v) is 10.6. The summed E-state index contributed by atoms with van der Waals surface area (Å²) in [5.41, 5.74) is 13.5. The molecule has 2 aromatic carbocycles. The highest BCUT2D eigenvalue weighted by Gasteiger charge is 2.43. The Morgan fingerprint density at radius 2 is 1.71 bits per heavy atom. The van der Waals surface area contributed by atoms with Gasteiger partial charge >= 0.3 is 0 Å². The largest absolute Gasteiger partial charge is 0.384 e. The lowest BCUT2D eigenvalue weighted by atomic mass is 9.84. The second-order valence-corrected chi connectivity index (χ2v) is 8.54. The summed E-state index contributed by atoms with van der Waals surface area (Å²) in [5, 5.41) is 10.3. The fraction of sp³-hybridized carbons (Fsp3) is 0.240. The molecular weight excluding hydrogens is 388 g/mol. The number of nitrogens with one attached hydrogen (secondary N) is 2. The monoisotopic (exact) mass is 410 g/mol. The summed E-state index contributed by atoms with van der Waals surface area (Å²) in [4.78, 5) is 17.0. The van der Waals surface area contributed by atoms with Crippen molar-refractivity contribution in [3.63, 3.8) is 0 Å². The molecule has 1 fully saturated rings. The minimum atomic E-state index is -0.144. The SMILES string of the molecule is N=C(N)c1ccc(CNC(=O)c2ccc3c(c2)[C@@H]2O[C@H]3c3ccc(C4CC4)cc32)nc1. The summed E-state index contributed by atoms with van der Waals surface area (Å²) in [5.74, 6) is 0.540. The molecule has 1 aromatic heterocycles. The number of amidine groups is 1. The first-order valence-electron chi connectivity index (χ1n) is 10.6. The van der Waals surface area contributed by atoms with E-state index < -0.39 is 0 Å². The van der Waals surface area contributed by atoms with Gasteiger partial charge in [0.05, 0.1) is 12.2 Å². The fourth-order valence-electron chi connectivity index (χ4n) is 4.64. The Kier molecular flexibility index (Phi) is 3.98. The van der Waals surface area contributed by atoms with Gasteiger partial charge in [-0.2, -0.15) is 0 Å². The van der Waals surface area contributed by atoms with Crippen molar-refractivity contribution in [1.29, 1.82) is 5.41 Å². The van der Waals surface area contributed by atoms with Gasteiger partial charge in [-0.3, -0.25) is 15.2 Å². The topological polar surface area (TPSA) is 101 Å². The predicted molar refractivity (Wildman–Crippen MR) is 116 cm³/mol. The van der Waals surface area contributed by atoms with Gasteiger partial charge < -0.3 is 15.8 Å². The van der Waals surface area contributed by atoms with Crippen LogP contribution in [0.5, 0.6) is 0 Å². The van der Waals surface area contributed by atoms with Crippen LogP contribution >= 0.6 is 0 Å². The average molecular weight is 410 g/mol. The molecule has 1 aliphatic carbocycles. The molecule has 2 bridgehead atoms. The van der Waals surface area contributed by atoms with Crippen molar-refractivity contribution in [2.75, 3.05) is 0 Å². The first kappa shape index (κ1) is 18.3. The Bertz CT molecular complexity index is 1230. The molecule has 2 atom stereocenters. The van der Waals surface area contributed by atoms with E-state index in [1.807, 2.05) is 18.2 Å². The number of amides is 1. The van der Waals surface area contributed by atoms with Gasteiger partial charge in [0, 0.05) is 17.3 Å². The molecule has 3 aromatic rings. The van der Waals surface area contributed by atoms with Crippen LogP contribution in [0.2, 0.25) is 0 Å². The van der Waals surface area contributed by atoms with Crippen molar-refractivity contribution < 1.29 is 9.53 Å². The summed E-state index contributed by atoms with van der Waals surface area (Å²) >= 11 is 0. The molecule has 0 unspecified atom stereocenters. The van der Waals surface area contributed by atoms with Crippen molar-refractivity contribution in [3.8, 4) is 0 Å². The lowest BCUT2D eigenvalue weighted by Gasteiger charge is -2.17. The van der Waals surface area contributed by atoms with Gasteiger partial charge in [0.15, 0.2) is 0 Å². The Hall–Kier alpha value is -3.51. The minimum absolute atomic E-state index is 0.0237. The normalized spacial score (nSPS) is 20.3. The van der Waals surface area contributed by atoms with Crippen LogP contribution < -0.4 is 11.1 Å². The van der Waals surface area contributed by atoms with E-state index >= 15 is 0 Å². The first-order chi connectivity index (χ1) is 15.1. The third kappa shape index (κ3) is 3.02. The van der Waals surface area contributed by atoms with Crippen LogP contribution in [0.4, 0.5) is 0 Å². The van der Waals surface area contributed by atoms with E-state index in [2.05, 4.69) is 28.5 Å². The van der Waals surface area contributed by atoms with Crippen molar-refractivity contribution >= 4 is 11.7 Å². The van der Waals surface area contributed by atoms with Gasteiger partial charge in [0.1, 0.15) is 18.0 Å². The summed E-state index contributed by atoms with van der Waals surface area (Å²) < 4.78 is 6.29. The van der Waals surface area contributed by atoms with Crippen molar-refractivity contribution in [1.82, 2.24) is 10.3 Å². The maximum atomic E-state index is 12.8. The van der Waals surface area contributed by atoms with Gasteiger partial charge in [-0.05, 0) is 70.8 Å². The van der Waals surface area contributed by atoms with Crippen LogP contribution in [0.3, 0.4) is 0 Å². The maximum Gasteiger partial charge on any atom is 0.251 e. The molecule has 1 saturated carbocycles. The zero-order valence-corrected chi connectivity index (χ0v) is 16.9. The summed E-state index contributed by atoms with van der Waals surface area (Å²) in [6.07, 6.45) is 3.99. The molecular formula is C25H22N4O2. The Morgan fingerprint density at radius 1 is 1.00 bits per heavy atom. The molecule has 0 spiro atoms. The number of benzene rings is 2. The standard InChI is InChI=1S/C25H22N4O2/c26-24(27)16-3-6-17(28-11-16)12-29-25(30)15-5-8-19-21(10-15)23-20-9-14(13-1-2-13)4-7-18(20)22(19)31-23/h3-11,13,22-23H,1-2,12H2,(H3,26,27)(H,29,30)/t22-,23+/m0/s1. The van der Waals surface area contributed by atoms with E-state index in [-0.39, 0.29) is 24.0 Å². The number of hydrogen-bond acceptors (Lipinski definition) is 4. The lowest BCUT2D eigenvalue weighted by Crippen LogP contribution is -2.24. The number of rotatable bonds is 5. The third-order valence-corrected chi connectivity index (χ3v) is 6.48. The molecule has 6 rings (SSSR count). The minimum Gasteiger partial charge on any atom is -0.384 e. The number of nitrogen functional groups attached to an aromatic ring is 1. The van der Waals surface area contributed by atoms with Gasteiger partial charge in [0.25, 0.3) is 5.91 Å². The van der Waals surface area contributed by atoms with E-state index in [1.165, 1.54) is 29.5 Å². The fourth-order valence-corrected chi connectivity index (χ4v) is 4.64. The number of pyridine rings is 1. The molecule has 154 valence electrons. The highest BCUT2D eigenvalue weighted by molar-refractivity contribution is 5.95. The van der Waals surface area contributed by atoms with E-state index in [0.717, 1.165) is 11.1 Å². The van der Waals surface area contributed by atoms with Gasteiger partial charge in [-0.15, -0.1) is 0 Å². The quantitative estimate of drug-likeness (QED) is 0.441. The van der Waals surface area contributed by atoms with Crippen molar-refractivity contribution in [2.24, 2.45) is 5.73 Å². The zero-order chi connectivity index (χ0) is 21.1. The van der Waals surface area contributed by atoms with Gasteiger partial charge in [-0.25, -0.2) is 0 Å². The highest BCUT2D eigenvalue weighted by atomic mass is 16.5. The summed E-state index contributed by atoms with van der Waals surface area (Å²) in [6, 6.07) is 16.1. The number of nitrogens with two attached hydrogens (primary N) is 1. The van der Waals surface area contributed by atoms with Crippen LogP contribution in [-0.2, 0) is 11.3 Å². The predicted octanol–water partition coefficient (Wildman–Crippen LogP) is 3.70. The Balaban J connectivity index is 1.20. The molecule has 2 aliphatic heterocycles. The van der Waals surface area contributed by atoms with Crippen molar-refractivity contribution in [3.05, 3.63) is 99.4 Å². The molecule has 3 aliphatic rings. The van der Waals surface area contributed by atoms with E-state index in [0.29, 0.717) is 29.3 Å². The van der Waals surface area contributed by atoms with E-state index in [4.69, 9.17) is 15.9 Å². The number of nitrogens with zero attached hydrogens (tertiary/aromatic N) is 1. The smallest absolute Gasteiger partial charge is 0.251 e. The summed E-state index contributed by atoms with van der Waals surface area (Å²) in [6.45, 7) is 0.310. The number of carbonyl (C=O) groups excluding carboxylic acids is 1. The third-order valence-electron chi connectivity index (χ3n) is 6.48. The molecule has 0 saturated heterocycles. The van der Waals surface area contributed by atoms with E-state index in [9.17, 15) is 4.79 Å². The van der Waals surface area contributed by atoms with Gasteiger partial charge in [-0.1, -0.05) is 24.3 Å². The molecule has 0 radical (unpaired) electrons. The Morgan fingerprint density at radius 3 is 2.42 bits per heavy atom. The van der Waals surface area contributed by atoms with Crippen LogP contribution in [-0.4, -0.2) is 16.7 Å². The number of hydrogen-bond donors (Lipinski definition) is 3.